The quantitative estimate of drug-likeness (QED) is 0.640. The highest BCUT2D eigenvalue weighted by atomic mass is 32.2. The number of ether oxygens (including phenoxy) is 1. The number of sulfonamides is 1. The number of carbonyl (C=O) groups is 3. The van der Waals surface area contributed by atoms with E-state index in [4.69, 9.17) is 4.74 Å². The second-order valence-corrected chi connectivity index (χ2v) is 10.1. The third-order valence-corrected chi connectivity index (χ3v) is 8.11. The minimum Gasteiger partial charge on any atom is -0.379 e. The maximum absolute atomic E-state index is 13.0. The van der Waals surface area contributed by atoms with Gasteiger partial charge in [0.15, 0.2) is 0 Å². The van der Waals surface area contributed by atoms with Crippen molar-refractivity contribution in [2.75, 3.05) is 38.2 Å². The normalized spacial score (nSPS) is 21.5. The van der Waals surface area contributed by atoms with Crippen LogP contribution < -0.4 is 10.6 Å². The van der Waals surface area contributed by atoms with E-state index >= 15 is 0 Å². The number of nitrogens with one attached hydrogen (secondary N) is 2. The van der Waals surface area contributed by atoms with E-state index in [1.54, 1.807) is 19.1 Å². The number of urea groups is 1. The summed E-state index contributed by atoms with van der Waals surface area (Å²) in [4.78, 5) is 38.5. The molecule has 31 heavy (non-hydrogen) atoms. The van der Waals surface area contributed by atoms with Crippen LogP contribution in [0.5, 0.6) is 0 Å². The molecule has 0 bridgehead atoms. The lowest BCUT2D eigenvalue weighted by Crippen LogP contribution is -2.44. The summed E-state index contributed by atoms with van der Waals surface area (Å²) in [6, 6.07) is 4.05. The Labute approximate surface area is 181 Å². The topological polar surface area (TPSA) is 125 Å². The molecule has 3 aliphatic rings. The second kappa shape index (κ2) is 8.21. The van der Waals surface area contributed by atoms with Gasteiger partial charge in [0.05, 0.1) is 18.1 Å². The Morgan fingerprint density at radius 1 is 1.19 bits per heavy atom. The third kappa shape index (κ3) is 4.04. The van der Waals surface area contributed by atoms with E-state index in [9.17, 15) is 22.8 Å². The van der Waals surface area contributed by atoms with Crippen molar-refractivity contribution in [3.63, 3.8) is 0 Å². The van der Waals surface area contributed by atoms with Crippen LogP contribution in [-0.4, -0.2) is 73.9 Å². The van der Waals surface area contributed by atoms with Gasteiger partial charge < -0.3 is 15.4 Å². The first-order valence-electron chi connectivity index (χ1n) is 10.4. The van der Waals surface area contributed by atoms with E-state index in [1.807, 2.05) is 0 Å². The van der Waals surface area contributed by atoms with Crippen LogP contribution in [0.4, 0.5) is 10.5 Å². The number of morpholine rings is 1. The van der Waals surface area contributed by atoms with Crippen molar-refractivity contribution in [2.45, 2.75) is 43.0 Å². The molecule has 1 aliphatic carbocycles. The predicted molar refractivity (Wildman–Crippen MR) is 111 cm³/mol. The fourth-order valence-corrected chi connectivity index (χ4v) is 6.02. The van der Waals surface area contributed by atoms with Crippen molar-refractivity contribution in [2.24, 2.45) is 0 Å². The van der Waals surface area contributed by atoms with Gasteiger partial charge in [0.2, 0.25) is 15.9 Å². The molecule has 2 N–H and O–H groups in total. The molecule has 0 aromatic heterocycles. The van der Waals surface area contributed by atoms with Crippen molar-refractivity contribution in [3.8, 4) is 0 Å². The average molecular weight is 451 g/mol. The molecule has 0 atom stereocenters. The van der Waals surface area contributed by atoms with Crippen molar-refractivity contribution in [3.05, 3.63) is 23.8 Å². The number of aryl methyl sites for hydroxylation is 1. The van der Waals surface area contributed by atoms with Gasteiger partial charge in [-0.15, -0.1) is 0 Å². The van der Waals surface area contributed by atoms with E-state index < -0.39 is 34.0 Å². The molecule has 10 nitrogen and oxygen atoms in total. The number of imide groups is 1. The van der Waals surface area contributed by atoms with Gasteiger partial charge in [-0.1, -0.05) is 18.9 Å². The van der Waals surface area contributed by atoms with Crippen LogP contribution in [0.25, 0.3) is 0 Å². The fourth-order valence-electron chi connectivity index (χ4n) is 4.36. The lowest BCUT2D eigenvalue weighted by molar-refractivity contribution is -0.133. The third-order valence-electron chi connectivity index (χ3n) is 6.06. The summed E-state index contributed by atoms with van der Waals surface area (Å²) in [6.07, 6.45) is 2.87. The lowest BCUT2D eigenvalue weighted by Gasteiger charge is -2.27. The van der Waals surface area contributed by atoms with Crippen molar-refractivity contribution in [1.29, 1.82) is 0 Å². The first kappa shape index (κ1) is 21.7. The Kier molecular flexibility index (Phi) is 5.75. The number of hydrogen-bond acceptors (Lipinski definition) is 6. The zero-order chi connectivity index (χ0) is 22.2. The summed E-state index contributed by atoms with van der Waals surface area (Å²) in [5, 5.41) is 5.34. The lowest BCUT2D eigenvalue weighted by atomic mass is 9.98. The molecule has 0 radical (unpaired) electrons. The van der Waals surface area contributed by atoms with Gasteiger partial charge in [0.25, 0.3) is 5.91 Å². The van der Waals surface area contributed by atoms with Crippen molar-refractivity contribution in [1.82, 2.24) is 14.5 Å². The Bertz CT molecular complexity index is 1010. The Balaban J connectivity index is 1.47. The molecule has 3 fully saturated rings. The smallest absolute Gasteiger partial charge is 0.325 e. The molecule has 2 saturated heterocycles. The van der Waals surface area contributed by atoms with Gasteiger partial charge in [-0.3, -0.25) is 14.5 Å². The van der Waals surface area contributed by atoms with Gasteiger partial charge in [0.1, 0.15) is 12.1 Å². The Hall–Kier alpha value is -2.50. The van der Waals surface area contributed by atoms with Gasteiger partial charge in [-0.2, -0.15) is 4.31 Å². The van der Waals surface area contributed by atoms with E-state index in [-0.39, 0.29) is 29.6 Å². The van der Waals surface area contributed by atoms with Crippen molar-refractivity contribution >= 4 is 33.6 Å². The summed E-state index contributed by atoms with van der Waals surface area (Å²) >= 11 is 0. The van der Waals surface area contributed by atoms with Gasteiger partial charge in [-0.05, 0) is 37.5 Å². The monoisotopic (exact) mass is 450 g/mol. The minimum atomic E-state index is -3.73. The molecule has 1 aromatic carbocycles. The van der Waals surface area contributed by atoms with E-state index in [0.717, 1.165) is 17.7 Å². The van der Waals surface area contributed by atoms with Gasteiger partial charge in [-0.25, -0.2) is 13.2 Å². The van der Waals surface area contributed by atoms with Crippen LogP contribution in [-0.2, 0) is 24.3 Å². The first-order chi connectivity index (χ1) is 14.7. The molecule has 2 aliphatic heterocycles. The molecule has 2 heterocycles. The number of nitrogens with zero attached hydrogens (tertiary/aromatic N) is 2. The summed E-state index contributed by atoms with van der Waals surface area (Å²) in [5.74, 6) is -0.943. The summed E-state index contributed by atoms with van der Waals surface area (Å²) in [6.45, 7) is 2.47. The average Bonchev–Trinajstić information content (AvgIpc) is 3.30. The summed E-state index contributed by atoms with van der Waals surface area (Å²) < 4.78 is 32.6. The highest BCUT2D eigenvalue weighted by molar-refractivity contribution is 7.89. The molecular formula is C20H26N4O6S. The molecule has 1 saturated carbocycles. The highest BCUT2D eigenvalue weighted by Gasteiger charge is 2.52. The zero-order valence-corrected chi connectivity index (χ0v) is 18.2. The minimum absolute atomic E-state index is 0.104. The van der Waals surface area contributed by atoms with Crippen LogP contribution >= 0.6 is 0 Å². The number of rotatable bonds is 5. The largest absolute Gasteiger partial charge is 0.379 e. The number of benzene rings is 1. The second-order valence-electron chi connectivity index (χ2n) is 8.16. The number of amides is 4. The molecular weight excluding hydrogens is 424 g/mol. The SMILES string of the molecule is Cc1ccc(NC(=O)CN2C(=O)NC3(CCCC3)C2=O)cc1S(=O)(=O)N1CCOCC1. The molecule has 1 aromatic rings. The van der Waals surface area contributed by atoms with Crippen molar-refractivity contribution < 1.29 is 27.5 Å². The molecule has 4 rings (SSSR count). The first-order valence-corrected chi connectivity index (χ1v) is 11.8. The highest BCUT2D eigenvalue weighted by Crippen LogP contribution is 2.35. The molecule has 168 valence electrons. The van der Waals surface area contributed by atoms with Gasteiger partial charge >= 0.3 is 6.03 Å². The van der Waals surface area contributed by atoms with Crippen LogP contribution in [0.15, 0.2) is 23.1 Å². The standard InChI is InChI=1S/C20H26N4O6S/c1-14-4-5-15(12-16(14)31(28,29)23-8-10-30-11-9-23)21-17(25)13-24-18(26)20(22-19(24)27)6-2-3-7-20/h4-5,12H,2-3,6-11,13H2,1H3,(H,21,25)(H,22,27). The Morgan fingerprint density at radius 2 is 1.87 bits per heavy atom. The van der Waals surface area contributed by atoms with E-state index in [1.165, 1.54) is 10.4 Å². The number of anilines is 1. The van der Waals surface area contributed by atoms with Crippen LogP contribution in [0.2, 0.25) is 0 Å². The Morgan fingerprint density at radius 3 is 2.55 bits per heavy atom. The van der Waals surface area contributed by atoms with Crippen LogP contribution in [0.1, 0.15) is 31.2 Å². The number of hydrogen-bond donors (Lipinski definition) is 2. The zero-order valence-electron chi connectivity index (χ0n) is 17.3. The molecule has 4 amide bonds. The molecule has 0 unspecified atom stereocenters. The maximum Gasteiger partial charge on any atom is 0.325 e. The van der Waals surface area contributed by atoms with Crippen LogP contribution in [0.3, 0.4) is 0 Å². The molecule has 11 heteroatoms. The molecule has 1 spiro atoms. The van der Waals surface area contributed by atoms with Crippen LogP contribution in [0, 0.1) is 6.92 Å². The predicted octanol–water partition coefficient (Wildman–Crippen LogP) is 0.819. The summed E-state index contributed by atoms with van der Waals surface area (Å²) in [5.41, 5.74) is -0.0347. The van der Waals surface area contributed by atoms with E-state index in [0.29, 0.717) is 31.6 Å². The van der Waals surface area contributed by atoms with Gasteiger partial charge in [0, 0.05) is 18.8 Å². The summed E-state index contributed by atoms with van der Waals surface area (Å²) in [7, 11) is -3.73. The fraction of sp³-hybridized carbons (Fsp3) is 0.550. The maximum atomic E-state index is 13.0. The van der Waals surface area contributed by atoms with E-state index in [2.05, 4.69) is 10.6 Å². The number of carbonyl (C=O) groups excluding carboxylic acids is 3.